The van der Waals surface area contributed by atoms with E-state index in [1.54, 1.807) is 18.6 Å². The zero-order valence-corrected chi connectivity index (χ0v) is 14.6. The van der Waals surface area contributed by atoms with Crippen molar-refractivity contribution in [1.29, 1.82) is 0 Å². The summed E-state index contributed by atoms with van der Waals surface area (Å²) in [6, 6.07) is 3.69. The minimum absolute atomic E-state index is 0.0943. The number of H-pyrrole nitrogens is 1. The summed E-state index contributed by atoms with van der Waals surface area (Å²) in [6.07, 6.45) is 5.45. The van der Waals surface area contributed by atoms with E-state index in [0.717, 1.165) is 17.8 Å². The van der Waals surface area contributed by atoms with Crippen molar-refractivity contribution in [2.75, 3.05) is 6.61 Å². The van der Waals surface area contributed by atoms with Gasteiger partial charge in [-0.3, -0.25) is 19.9 Å². The Morgan fingerprint density at radius 1 is 1.27 bits per heavy atom. The number of hydrogen-bond acceptors (Lipinski definition) is 7. The Bertz CT molecular complexity index is 880. The van der Waals surface area contributed by atoms with Crippen LogP contribution in [0.3, 0.4) is 0 Å². The van der Waals surface area contributed by atoms with E-state index in [-0.39, 0.29) is 19.1 Å². The van der Waals surface area contributed by atoms with Gasteiger partial charge in [-0.1, -0.05) is 6.92 Å². The largest absolute Gasteiger partial charge is 0.482 e. The van der Waals surface area contributed by atoms with Crippen LogP contribution in [0.2, 0.25) is 0 Å². The van der Waals surface area contributed by atoms with Crippen LogP contribution in [0.5, 0.6) is 5.75 Å². The van der Waals surface area contributed by atoms with Gasteiger partial charge in [0.15, 0.2) is 6.61 Å². The van der Waals surface area contributed by atoms with Gasteiger partial charge in [-0.25, -0.2) is 9.97 Å². The Kier molecular flexibility index (Phi) is 5.47. The first kappa shape index (κ1) is 17.5. The van der Waals surface area contributed by atoms with Crippen LogP contribution < -0.4 is 10.1 Å². The van der Waals surface area contributed by atoms with Crippen LogP contribution in [0.1, 0.15) is 24.1 Å². The Labute approximate surface area is 150 Å². The molecule has 9 nitrogen and oxygen atoms in total. The molecular formula is C17H19N7O2. The lowest BCUT2D eigenvalue weighted by Crippen LogP contribution is -2.29. The summed E-state index contributed by atoms with van der Waals surface area (Å²) in [5, 5.41) is 9.55. The van der Waals surface area contributed by atoms with Gasteiger partial charge in [-0.2, -0.15) is 5.10 Å². The van der Waals surface area contributed by atoms with Crippen LogP contribution in [0.15, 0.2) is 30.7 Å². The molecular weight excluding hydrogens is 334 g/mol. The number of aromatic nitrogens is 6. The number of pyridine rings is 1. The fourth-order valence-electron chi connectivity index (χ4n) is 2.26. The normalized spacial score (nSPS) is 10.5. The zero-order chi connectivity index (χ0) is 18.4. The highest BCUT2D eigenvalue weighted by Crippen LogP contribution is 2.17. The summed E-state index contributed by atoms with van der Waals surface area (Å²) in [4.78, 5) is 28.8. The number of hydrogen-bond donors (Lipinski definition) is 2. The SMILES string of the molecule is CCc1nc(C)ccc1OCC(=O)NCc1nc(-c2cnccn2)n[nH]1. The molecule has 0 unspecified atom stereocenters. The van der Waals surface area contributed by atoms with Gasteiger partial charge < -0.3 is 10.1 Å². The number of nitrogens with zero attached hydrogens (tertiary/aromatic N) is 5. The maximum atomic E-state index is 12.0. The summed E-state index contributed by atoms with van der Waals surface area (Å²) in [5.74, 6) is 1.31. The van der Waals surface area contributed by atoms with Crippen LogP contribution in [-0.4, -0.2) is 42.6 Å². The number of aromatic amines is 1. The first-order valence-electron chi connectivity index (χ1n) is 8.19. The number of nitrogens with one attached hydrogen (secondary N) is 2. The molecule has 3 aromatic heterocycles. The topological polar surface area (TPSA) is 119 Å². The van der Waals surface area contributed by atoms with E-state index in [2.05, 4.69) is 35.5 Å². The van der Waals surface area contributed by atoms with Crippen LogP contribution in [0, 0.1) is 6.92 Å². The van der Waals surface area contributed by atoms with Gasteiger partial charge in [-0.05, 0) is 25.5 Å². The molecule has 0 spiro atoms. The van der Waals surface area contributed by atoms with Gasteiger partial charge >= 0.3 is 0 Å². The molecule has 26 heavy (non-hydrogen) atoms. The van der Waals surface area contributed by atoms with E-state index in [4.69, 9.17) is 4.74 Å². The number of carbonyl (C=O) groups excluding carboxylic acids is 1. The molecule has 0 aliphatic rings. The van der Waals surface area contributed by atoms with Crippen molar-refractivity contribution >= 4 is 5.91 Å². The molecule has 3 heterocycles. The molecule has 0 aliphatic heterocycles. The van der Waals surface area contributed by atoms with Crippen molar-refractivity contribution in [1.82, 2.24) is 35.5 Å². The van der Waals surface area contributed by atoms with Gasteiger partial charge in [0.1, 0.15) is 17.3 Å². The summed E-state index contributed by atoms with van der Waals surface area (Å²) in [5.41, 5.74) is 2.31. The lowest BCUT2D eigenvalue weighted by molar-refractivity contribution is -0.123. The fourth-order valence-corrected chi connectivity index (χ4v) is 2.26. The smallest absolute Gasteiger partial charge is 0.258 e. The molecule has 0 saturated heterocycles. The second-order valence-corrected chi connectivity index (χ2v) is 5.51. The van der Waals surface area contributed by atoms with E-state index >= 15 is 0 Å². The Balaban J connectivity index is 1.51. The van der Waals surface area contributed by atoms with Gasteiger partial charge in [0.05, 0.1) is 18.4 Å². The second kappa shape index (κ2) is 8.15. The lowest BCUT2D eigenvalue weighted by Gasteiger charge is -2.10. The molecule has 1 amide bonds. The van der Waals surface area contributed by atoms with Crippen molar-refractivity contribution in [2.24, 2.45) is 0 Å². The molecule has 0 aliphatic carbocycles. The molecule has 0 atom stereocenters. The molecule has 0 saturated carbocycles. The molecule has 0 aromatic carbocycles. The summed E-state index contributed by atoms with van der Waals surface area (Å²) < 4.78 is 5.57. The Hall–Kier alpha value is -3.36. The van der Waals surface area contributed by atoms with E-state index in [1.807, 2.05) is 26.0 Å². The molecule has 0 radical (unpaired) electrons. The van der Waals surface area contributed by atoms with Gasteiger partial charge in [-0.15, -0.1) is 0 Å². The summed E-state index contributed by atoms with van der Waals surface area (Å²) >= 11 is 0. The molecule has 0 fully saturated rings. The standard InChI is InChI=1S/C17H19N7O2/c1-3-12-14(5-4-11(2)21-12)26-10-16(25)20-9-15-22-17(24-23-15)13-8-18-6-7-19-13/h4-8H,3,9-10H2,1-2H3,(H,20,25)(H,22,23,24). The molecule has 3 aromatic rings. The van der Waals surface area contributed by atoms with Gasteiger partial charge in [0, 0.05) is 18.1 Å². The van der Waals surface area contributed by atoms with Gasteiger partial charge in [0.25, 0.3) is 5.91 Å². The van der Waals surface area contributed by atoms with Crippen molar-refractivity contribution in [3.63, 3.8) is 0 Å². The maximum absolute atomic E-state index is 12.0. The van der Waals surface area contributed by atoms with Crippen LogP contribution >= 0.6 is 0 Å². The Morgan fingerprint density at radius 3 is 2.92 bits per heavy atom. The molecule has 134 valence electrons. The third-order valence-electron chi connectivity index (χ3n) is 3.54. The molecule has 3 rings (SSSR count). The van der Waals surface area contributed by atoms with E-state index in [0.29, 0.717) is 23.1 Å². The maximum Gasteiger partial charge on any atom is 0.258 e. The Morgan fingerprint density at radius 2 is 2.15 bits per heavy atom. The average Bonchev–Trinajstić information content (AvgIpc) is 3.15. The minimum Gasteiger partial charge on any atom is -0.482 e. The minimum atomic E-state index is -0.259. The number of rotatable bonds is 7. The third kappa shape index (κ3) is 4.38. The number of carbonyl (C=O) groups is 1. The highest BCUT2D eigenvalue weighted by Gasteiger charge is 2.10. The molecule has 0 bridgehead atoms. The van der Waals surface area contributed by atoms with Crippen molar-refractivity contribution < 1.29 is 9.53 Å². The van der Waals surface area contributed by atoms with Crippen LogP contribution in [0.4, 0.5) is 0 Å². The zero-order valence-electron chi connectivity index (χ0n) is 14.6. The number of aryl methyl sites for hydroxylation is 2. The quantitative estimate of drug-likeness (QED) is 0.655. The van der Waals surface area contributed by atoms with Crippen molar-refractivity contribution in [2.45, 2.75) is 26.8 Å². The molecule has 9 heteroatoms. The monoisotopic (exact) mass is 353 g/mol. The predicted octanol–water partition coefficient (Wildman–Crippen LogP) is 1.22. The van der Waals surface area contributed by atoms with Crippen LogP contribution in [0.25, 0.3) is 11.5 Å². The summed E-state index contributed by atoms with van der Waals surface area (Å²) in [6.45, 7) is 4.03. The predicted molar refractivity (Wildman–Crippen MR) is 93.1 cm³/mol. The van der Waals surface area contributed by atoms with Crippen molar-refractivity contribution in [3.8, 4) is 17.3 Å². The van der Waals surface area contributed by atoms with E-state index < -0.39 is 0 Å². The second-order valence-electron chi connectivity index (χ2n) is 5.51. The highest BCUT2D eigenvalue weighted by molar-refractivity contribution is 5.77. The van der Waals surface area contributed by atoms with E-state index in [1.165, 1.54) is 0 Å². The third-order valence-corrected chi connectivity index (χ3v) is 3.54. The fraction of sp³-hybridized carbons (Fsp3) is 0.294. The summed E-state index contributed by atoms with van der Waals surface area (Å²) in [7, 11) is 0. The lowest BCUT2D eigenvalue weighted by atomic mass is 10.2. The number of amides is 1. The average molecular weight is 353 g/mol. The van der Waals surface area contributed by atoms with E-state index in [9.17, 15) is 4.79 Å². The first-order chi connectivity index (χ1) is 12.7. The first-order valence-corrected chi connectivity index (χ1v) is 8.19. The highest BCUT2D eigenvalue weighted by atomic mass is 16.5. The molecule has 2 N–H and O–H groups in total. The van der Waals surface area contributed by atoms with Crippen molar-refractivity contribution in [3.05, 3.63) is 47.9 Å². The van der Waals surface area contributed by atoms with Crippen LogP contribution in [-0.2, 0) is 17.8 Å². The van der Waals surface area contributed by atoms with Gasteiger partial charge in [0.2, 0.25) is 5.82 Å². The number of ether oxygens (including phenoxy) is 1.